The molecule has 1 aromatic carbocycles. The lowest BCUT2D eigenvalue weighted by Crippen LogP contribution is -2.46. The number of hydrogen-bond donors (Lipinski definition) is 1. The Kier molecular flexibility index (Phi) is 4.87. The maximum absolute atomic E-state index is 12.5. The van der Waals surface area contributed by atoms with E-state index in [1.54, 1.807) is 26.8 Å². The third-order valence-corrected chi connectivity index (χ3v) is 3.73. The van der Waals surface area contributed by atoms with Gasteiger partial charge in [0.2, 0.25) is 0 Å². The number of esters is 1. The van der Waals surface area contributed by atoms with Gasteiger partial charge in [0, 0.05) is 24.9 Å². The SMILES string of the molecule is CC1=C(C(=O)OC(C)C)[C@@H](c2cccc([N+](=O)[O-])c2)NC(=O)N1C. The van der Waals surface area contributed by atoms with Crippen LogP contribution in [0.3, 0.4) is 0 Å². The minimum atomic E-state index is -0.806. The number of amides is 2. The highest BCUT2D eigenvalue weighted by atomic mass is 16.6. The Bertz CT molecular complexity index is 726. The molecule has 8 nitrogen and oxygen atoms in total. The van der Waals surface area contributed by atoms with Gasteiger partial charge in [-0.15, -0.1) is 0 Å². The van der Waals surface area contributed by atoms with E-state index in [-0.39, 0.29) is 17.4 Å². The molecule has 8 heteroatoms. The van der Waals surface area contributed by atoms with E-state index in [1.807, 2.05) is 0 Å². The van der Waals surface area contributed by atoms with Crippen LogP contribution in [-0.2, 0) is 9.53 Å². The van der Waals surface area contributed by atoms with Crippen molar-refractivity contribution in [2.75, 3.05) is 7.05 Å². The van der Waals surface area contributed by atoms with Crippen LogP contribution in [0.1, 0.15) is 32.4 Å². The van der Waals surface area contributed by atoms with Crippen molar-refractivity contribution in [3.05, 3.63) is 51.2 Å². The molecule has 1 atom stereocenters. The third kappa shape index (κ3) is 3.37. The number of hydrogen-bond acceptors (Lipinski definition) is 5. The Morgan fingerprint density at radius 3 is 2.67 bits per heavy atom. The van der Waals surface area contributed by atoms with E-state index in [2.05, 4.69) is 5.32 Å². The van der Waals surface area contributed by atoms with Gasteiger partial charge in [0.15, 0.2) is 0 Å². The summed E-state index contributed by atoms with van der Waals surface area (Å²) in [4.78, 5) is 36.3. The number of benzene rings is 1. The number of non-ortho nitro benzene ring substituents is 1. The van der Waals surface area contributed by atoms with Gasteiger partial charge in [0.25, 0.3) is 5.69 Å². The minimum Gasteiger partial charge on any atom is -0.459 e. The summed E-state index contributed by atoms with van der Waals surface area (Å²) in [6.07, 6.45) is -0.327. The summed E-state index contributed by atoms with van der Waals surface area (Å²) in [5.41, 5.74) is 1.03. The molecule has 0 spiro atoms. The minimum absolute atomic E-state index is 0.116. The summed E-state index contributed by atoms with van der Waals surface area (Å²) in [5.74, 6) is -0.564. The van der Waals surface area contributed by atoms with Gasteiger partial charge in [-0.2, -0.15) is 0 Å². The largest absolute Gasteiger partial charge is 0.459 e. The summed E-state index contributed by atoms with van der Waals surface area (Å²) in [5, 5.41) is 13.7. The molecular formula is C16H19N3O5. The Morgan fingerprint density at radius 2 is 2.08 bits per heavy atom. The first-order chi connectivity index (χ1) is 11.2. The number of carbonyl (C=O) groups excluding carboxylic acids is 2. The van der Waals surface area contributed by atoms with E-state index in [1.165, 1.54) is 30.1 Å². The zero-order valence-electron chi connectivity index (χ0n) is 13.9. The Balaban J connectivity index is 2.53. The first kappa shape index (κ1) is 17.5. The zero-order valence-corrected chi connectivity index (χ0v) is 13.9. The molecule has 1 aliphatic rings. The molecule has 1 heterocycles. The van der Waals surface area contributed by atoms with Crippen molar-refractivity contribution in [2.45, 2.75) is 32.9 Å². The lowest BCUT2D eigenvalue weighted by molar-refractivity contribution is -0.384. The molecule has 0 bridgehead atoms. The van der Waals surface area contributed by atoms with Gasteiger partial charge in [-0.05, 0) is 26.3 Å². The Labute approximate surface area is 139 Å². The van der Waals surface area contributed by atoms with Crippen molar-refractivity contribution in [3.63, 3.8) is 0 Å². The summed E-state index contributed by atoms with van der Waals surface area (Å²) >= 11 is 0. The highest BCUT2D eigenvalue weighted by Gasteiger charge is 2.35. The van der Waals surface area contributed by atoms with Gasteiger partial charge in [0.05, 0.1) is 22.6 Å². The number of carbonyl (C=O) groups is 2. The van der Waals surface area contributed by atoms with Crippen LogP contribution in [-0.4, -0.2) is 35.0 Å². The predicted octanol–water partition coefficient (Wildman–Crippen LogP) is 2.52. The monoisotopic (exact) mass is 333 g/mol. The van der Waals surface area contributed by atoms with Gasteiger partial charge < -0.3 is 15.0 Å². The number of nitro benzene ring substituents is 1. The molecule has 0 radical (unpaired) electrons. The average Bonchev–Trinajstić information content (AvgIpc) is 2.51. The maximum atomic E-state index is 12.5. The number of allylic oxidation sites excluding steroid dienone is 1. The second-order valence-electron chi connectivity index (χ2n) is 5.75. The van der Waals surface area contributed by atoms with Crippen LogP contribution in [0, 0.1) is 10.1 Å². The quantitative estimate of drug-likeness (QED) is 0.518. The molecule has 2 amide bonds. The second kappa shape index (κ2) is 6.69. The summed E-state index contributed by atoms with van der Waals surface area (Å²) in [6.45, 7) is 5.09. The van der Waals surface area contributed by atoms with E-state index in [0.717, 1.165) is 0 Å². The Morgan fingerprint density at radius 1 is 1.42 bits per heavy atom. The number of nitrogens with zero attached hydrogens (tertiary/aromatic N) is 2. The standard InChI is InChI=1S/C16H19N3O5/c1-9(2)24-15(20)13-10(3)18(4)16(21)17-14(13)11-6-5-7-12(8-11)19(22)23/h5-9,14H,1-4H3,(H,17,21)/t14-/m1/s1. The number of rotatable bonds is 4. The summed E-state index contributed by atoms with van der Waals surface area (Å²) in [7, 11) is 1.54. The molecule has 0 saturated heterocycles. The normalized spacial score (nSPS) is 17.8. The van der Waals surface area contributed by atoms with Gasteiger partial charge in [0.1, 0.15) is 0 Å². The molecule has 1 aliphatic heterocycles. The fourth-order valence-electron chi connectivity index (χ4n) is 2.45. The number of ether oxygens (including phenoxy) is 1. The number of urea groups is 1. The number of nitrogens with one attached hydrogen (secondary N) is 1. The molecule has 24 heavy (non-hydrogen) atoms. The van der Waals surface area contributed by atoms with E-state index in [9.17, 15) is 19.7 Å². The van der Waals surface area contributed by atoms with Gasteiger partial charge in [-0.1, -0.05) is 12.1 Å². The lowest BCUT2D eigenvalue weighted by atomic mass is 9.94. The predicted molar refractivity (Wildman–Crippen MR) is 86.1 cm³/mol. The van der Waals surface area contributed by atoms with E-state index >= 15 is 0 Å². The molecule has 1 aromatic rings. The van der Waals surface area contributed by atoms with Crippen molar-refractivity contribution >= 4 is 17.7 Å². The van der Waals surface area contributed by atoms with Crippen molar-refractivity contribution in [1.82, 2.24) is 10.2 Å². The molecule has 1 N–H and O–H groups in total. The van der Waals surface area contributed by atoms with Crippen LogP contribution in [0.25, 0.3) is 0 Å². The highest BCUT2D eigenvalue weighted by molar-refractivity contribution is 5.95. The van der Waals surface area contributed by atoms with Crippen LogP contribution in [0.15, 0.2) is 35.5 Å². The topological polar surface area (TPSA) is 102 Å². The zero-order chi connectivity index (χ0) is 18.0. The van der Waals surface area contributed by atoms with E-state index in [0.29, 0.717) is 11.3 Å². The van der Waals surface area contributed by atoms with Crippen LogP contribution >= 0.6 is 0 Å². The molecule has 0 fully saturated rings. The lowest BCUT2D eigenvalue weighted by Gasteiger charge is -2.33. The molecule has 128 valence electrons. The van der Waals surface area contributed by atoms with Crippen molar-refractivity contribution in [1.29, 1.82) is 0 Å². The smallest absolute Gasteiger partial charge is 0.338 e. The number of nitro groups is 1. The third-order valence-electron chi connectivity index (χ3n) is 3.73. The molecular weight excluding hydrogens is 314 g/mol. The van der Waals surface area contributed by atoms with Crippen LogP contribution in [0.5, 0.6) is 0 Å². The summed E-state index contributed by atoms with van der Waals surface area (Å²) in [6, 6.07) is 4.62. The molecule has 0 saturated carbocycles. The van der Waals surface area contributed by atoms with Crippen molar-refractivity contribution in [2.24, 2.45) is 0 Å². The molecule has 0 unspecified atom stereocenters. The van der Waals surface area contributed by atoms with Crippen LogP contribution < -0.4 is 5.32 Å². The van der Waals surface area contributed by atoms with Crippen LogP contribution in [0.2, 0.25) is 0 Å². The fourth-order valence-corrected chi connectivity index (χ4v) is 2.45. The van der Waals surface area contributed by atoms with Gasteiger partial charge >= 0.3 is 12.0 Å². The first-order valence-electron chi connectivity index (χ1n) is 7.42. The molecule has 0 aromatic heterocycles. The fraction of sp³-hybridized carbons (Fsp3) is 0.375. The van der Waals surface area contributed by atoms with Crippen molar-refractivity contribution < 1.29 is 19.2 Å². The molecule has 0 aliphatic carbocycles. The second-order valence-corrected chi connectivity index (χ2v) is 5.75. The summed E-state index contributed by atoms with van der Waals surface area (Å²) < 4.78 is 5.26. The van der Waals surface area contributed by atoms with Gasteiger partial charge in [-0.25, -0.2) is 9.59 Å². The molecule has 2 rings (SSSR count). The maximum Gasteiger partial charge on any atom is 0.338 e. The van der Waals surface area contributed by atoms with Crippen LogP contribution in [0.4, 0.5) is 10.5 Å². The Hall–Kier alpha value is -2.90. The van der Waals surface area contributed by atoms with E-state index in [4.69, 9.17) is 4.74 Å². The first-order valence-corrected chi connectivity index (χ1v) is 7.42. The average molecular weight is 333 g/mol. The highest BCUT2D eigenvalue weighted by Crippen LogP contribution is 2.32. The van der Waals surface area contributed by atoms with E-state index < -0.39 is 23.0 Å². The van der Waals surface area contributed by atoms with Gasteiger partial charge in [-0.3, -0.25) is 10.1 Å². The van der Waals surface area contributed by atoms with Crippen molar-refractivity contribution in [3.8, 4) is 0 Å².